The van der Waals surface area contributed by atoms with Crippen LogP contribution in [-0.2, 0) is 6.42 Å². The zero-order valence-corrected chi connectivity index (χ0v) is 11.1. The quantitative estimate of drug-likeness (QED) is 0.666. The smallest absolute Gasteiger partial charge is 0.219 e. The maximum absolute atomic E-state index is 5.66. The third-order valence-corrected chi connectivity index (χ3v) is 3.55. The number of aromatic nitrogens is 2. The molecule has 0 fully saturated rings. The summed E-state index contributed by atoms with van der Waals surface area (Å²) in [7, 11) is 0. The summed E-state index contributed by atoms with van der Waals surface area (Å²) < 4.78 is 5.56. The Bertz CT molecular complexity index is 474. The van der Waals surface area contributed by atoms with E-state index in [-0.39, 0.29) is 0 Å². The monoisotopic (exact) mass is 267 g/mol. The van der Waals surface area contributed by atoms with Crippen LogP contribution in [0.1, 0.15) is 4.88 Å². The number of nitrogens with zero attached hydrogens (tertiary/aromatic N) is 2. The number of anilines is 1. The van der Waals surface area contributed by atoms with Gasteiger partial charge >= 0.3 is 0 Å². The average Bonchev–Trinajstić information content (AvgIpc) is 2.81. The highest BCUT2D eigenvalue weighted by atomic mass is 32.2. The van der Waals surface area contributed by atoms with Gasteiger partial charge in [0.25, 0.3) is 0 Å². The van der Waals surface area contributed by atoms with Gasteiger partial charge in [-0.1, -0.05) is 17.8 Å². The van der Waals surface area contributed by atoms with Crippen molar-refractivity contribution in [2.75, 3.05) is 18.6 Å². The van der Waals surface area contributed by atoms with Crippen LogP contribution in [0.5, 0.6) is 5.88 Å². The number of hydrogen-bond acceptors (Lipinski definition) is 6. The lowest BCUT2D eigenvalue weighted by Crippen LogP contribution is -2.04. The van der Waals surface area contributed by atoms with Gasteiger partial charge in [0.2, 0.25) is 5.88 Å². The summed E-state index contributed by atoms with van der Waals surface area (Å²) in [5.74, 6) is 0.980. The van der Waals surface area contributed by atoms with Crippen LogP contribution < -0.4 is 10.5 Å². The first-order valence-corrected chi connectivity index (χ1v) is 7.22. The highest BCUT2D eigenvalue weighted by Gasteiger charge is 2.03. The van der Waals surface area contributed by atoms with Gasteiger partial charge < -0.3 is 10.5 Å². The first-order valence-electron chi connectivity index (χ1n) is 5.11. The van der Waals surface area contributed by atoms with Gasteiger partial charge in [-0.3, -0.25) is 0 Å². The lowest BCUT2D eigenvalue weighted by Gasteiger charge is -2.06. The van der Waals surface area contributed by atoms with Gasteiger partial charge in [-0.2, -0.15) is 4.98 Å². The minimum Gasteiger partial charge on any atom is -0.477 e. The van der Waals surface area contributed by atoms with E-state index in [0.717, 1.165) is 6.42 Å². The predicted molar refractivity (Wildman–Crippen MR) is 71.7 cm³/mol. The van der Waals surface area contributed by atoms with Crippen LogP contribution >= 0.6 is 23.1 Å². The van der Waals surface area contributed by atoms with Gasteiger partial charge in [-0.15, -0.1) is 11.3 Å². The minimum atomic E-state index is 0.440. The summed E-state index contributed by atoms with van der Waals surface area (Å²) in [4.78, 5) is 9.59. The van der Waals surface area contributed by atoms with Crippen LogP contribution in [0.4, 0.5) is 5.82 Å². The van der Waals surface area contributed by atoms with E-state index >= 15 is 0 Å². The fourth-order valence-electron chi connectivity index (χ4n) is 1.30. The van der Waals surface area contributed by atoms with E-state index in [0.29, 0.717) is 23.5 Å². The molecule has 0 bridgehead atoms. The topological polar surface area (TPSA) is 61.0 Å². The Balaban J connectivity index is 1.92. The Kier molecular flexibility index (Phi) is 4.22. The van der Waals surface area contributed by atoms with E-state index < -0.39 is 0 Å². The molecule has 0 aliphatic rings. The molecule has 2 aromatic heterocycles. The highest BCUT2D eigenvalue weighted by molar-refractivity contribution is 7.98. The molecular weight excluding hydrogens is 254 g/mol. The summed E-state index contributed by atoms with van der Waals surface area (Å²) in [6.07, 6.45) is 2.79. The number of ether oxygens (including phenoxy) is 1. The van der Waals surface area contributed by atoms with Crippen molar-refractivity contribution in [2.45, 2.75) is 11.6 Å². The summed E-state index contributed by atoms with van der Waals surface area (Å²) in [5, 5.41) is 2.69. The third-order valence-electron chi connectivity index (χ3n) is 2.06. The van der Waals surface area contributed by atoms with Crippen molar-refractivity contribution in [1.29, 1.82) is 0 Å². The summed E-state index contributed by atoms with van der Waals surface area (Å²) >= 11 is 3.18. The SMILES string of the molecule is CSc1nc(N)cc(OCCc2cccs2)n1. The summed E-state index contributed by atoms with van der Waals surface area (Å²) in [6.45, 7) is 0.602. The van der Waals surface area contributed by atoms with Crippen LogP contribution in [0, 0.1) is 0 Å². The number of hydrogen-bond donors (Lipinski definition) is 1. The molecule has 6 heteroatoms. The zero-order valence-electron chi connectivity index (χ0n) is 9.42. The second-order valence-electron chi connectivity index (χ2n) is 3.30. The Morgan fingerprint density at radius 1 is 1.47 bits per heavy atom. The van der Waals surface area contributed by atoms with Crippen molar-refractivity contribution in [1.82, 2.24) is 9.97 Å². The summed E-state index contributed by atoms with van der Waals surface area (Å²) in [5.41, 5.74) is 5.66. The normalized spacial score (nSPS) is 10.4. The molecule has 4 nitrogen and oxygen atoms in total. The Hall–Kier alpha value is -1.27. The molecule has 0 aliphatic carbocycles. The molecule has 2 N–H and O–H groups in total. The molecule has 2 rings (SSSR count). The van der Waals surface area contributed by atoms with E-state index in [1.165, 1.54) is 16.6 Å². The van der Waals surface area contributed by atoms with Crippen molar-refractivity contribution in [2.24, 2.45) is 0 Å². The van der Waals surface area contributed by atoms with Gasteiger partial charge in [0.05, 0.1) is 6.61 Å². The van der Waals surface area contributed by atoms with Gasteiger partial charge in [-0.25, -0.2) is 4.98 Å². The number of thioether (sulfide) groups is 1. The lowest BCUT2D eigenvalue weighted by molar-refractivity contribution is 0.307. The number of rotatable bonds is 5. The molecule has 0 unspecified atom stereocenters. The minimum absolute atomic E-state index is 0.440. The van der Waals surface area contributed by atoms with Crippen molar-refractivity contribution in [3.8, 4) is 5.88 Å². The Labute approximate surface area is 108 Å². The van der Waals surface area contributed by atoms with Crippen LogP contribution in [-0.4, -0.2) is 22.8 Å². The largest absolute Gasteiger partial charge is 0.477 e. The van der Waals surface area contributed by atoms with Crippen molar-refractivity contribution < 1.29 is 4.74 Å². The van der Waals surface area contributed by atoms with E-state index in [4.69, 9.17) is 10.5 Å². The van der Waals surface area contributed by atoms with Gasteiger partial charge in [0.1, 0.15) is 5.82 Å². The number of nitrogen functional groups attached to an aromatic ring is 1. The number of thiophene rings is 1. The van der Waals surface area contributed by atoms with E-state index in [1.54, 1.807) is 17.4 Å². The molecule has 17 heavy (non-hydrogen) atoms. The molecule has 0 aliphatic heterocycles. The molecule has 0 saturated heterocycles. The molecular formula is C11H13N3OS2. The van der Waals surface area contributed by atoms with E-state index in [2.05, 4.69) is 21.4 Å². The fourth-order valence-corrected chi connectivity index (χ4v) is 2.37. The molecule has 0 saturated carbocycles. The molecule has 2 aromatic rings. The van der Waals surface area contributed by atoms with Crippen LogP contribution in [0.15, 0.2) is 28.7 Å². The average molecular weight is 267 g/mol. The second-order valence-corrected chi connectivity index (χ2v) is 5.10. The lowest BCUT2D eigenvalue weighted by atomic mass is 10.4. The molecule has 0 amide bonds. The first-order chi connectivity index (χ1) is 8.28. The highest BCUT2D eigenvalue weighted by Crippen LogP contribution is 2.17. The molecule has 0 radical (unpaired) electrons. The fraction of sp³-hybridized carbons (Fsp3) is 0.273. The molecule has 2 heterocycles. The third kappa shape index (κ3) is 3.61. The van der Waals surface area contributed by atoms with E-state index in [9.17, 15) is 0 Å². The molecule has 90 valence electrons. The first kappa shape index (κ1) is 12.2. The van der Waals surface area contributed by atoms with Gasteiger partial charge in [-0.05, 0) is 17.7 Å². The van der Waals surface area contributed by atoms with Gasteiger partial charge in [0.15, 0.2) is 5.16 Å². The van der Waals surface area contributed by atoms with Crippen LogP contribution in [0.3, 0.4) is 0 Å². The maximum atomic E-state index is 5.66. The van der Waals surface area contributed by atoms with Crippen LogP contribution in [0.25, 0.3) is 0 Å². The second kappa shape index (κ2) is 5.88. The summed E-state index contributed by atoms with van der Waals surface area (Å²) in [6, 6.07) is 5.78. The van der Waals surface area contributed by atoms with Crippen LogP contribution in [0.2, 0.25) is 0 Å². The van der Waals surface area contributed by atoms with Crippen molar-refractivity contribution in [3.05, 3.63) is 28.5 Å². The number of nitrogens with two attached hydrogens (primary N) is 1. The molecule has 0 atom stereocenters. The van der Waals surface area contributed by atoms with E-state index in [1.807, 2.05) is 12.3 Å². The zero-order chi connectivity index (χ0) is 12.1. The molecule has 0 spiro atoms. The standard InChI is InChI=1S/C11H13N3OS2/c1-16-11-13-9(12)7-10(14-11)15-5-4-8-3-2-6-17-8/h2-3,6-7H,4-5H2,1H3,(H2,12,13,14). The predicted octanol–water partition coefficient (Wildman–Crippen LogP) is 2.46. The Morgan fingerprint density at radius 3 is 3.06 bits per heavy atom. The molecule has 0 aromatic carbocycles. The van der Waals surface area contributed by atoms with Crippen molar-refractivity contribution >= 4 is 28.9 Å². The Morgan fingerprint density at radius 2 is 2.35 bits per heavy atom. The van der Waals surface area contributed by atoms with Crippen molar-refractivity contribution in [3.63, 3.8) is 0 Å². The maximum Gasteiger partial charge on any atom is 0.219 e. The van der Waals surface area contributed by atoms with Gasteiger partial charge in [0, 0.05) is 17.4 Å².